The standard InChI is InChI=1S/C20H16ClF3S/c1-11-7-12(2)19(21)14(8-11)9-15-4-6-18(25-15)13-3-5-16(20(23)24)17(22)10-13/h3-8,10,20H,9H2,1-2H3. The smallest absolute Gasteiger partial charge is 0.206 e. The van der Waals surface area contributed by atoms with Crippen LogP contribution in [0.2, 0.25) is 5.02 Å². The summed E-state index contributed by atoms with van der Waals surface area (Å²) in [6, 6.07) is 11.8. The molecule has 25 heavy (non-hydrogen) atoms. The van der Waals surface area contributed by atoms with Gasteiger partial charge in [0.25, 0.3) is 6.43 Å². The maximum Gasteiger partial charge on any atom is 0.266 e. The minimum atomic E-state index is -2.81. The van der Waals surface area contributed by atoms with E-state index < -0.39 is 17.8 Å². The van der Waals surface area contributed by atoms with Crippen LogP contribution in [0, 0.1) is 19.7 Å². The highest BCUT2D eigenvalue weighted by Gasteiger charge is 2.15. The molecule has 0 N–H and O–H groups in total. The van der Waals surface area contributed by atoms with Gasteiger partial charge in [0.1, 0.15) is 5.82 Å². The zero-order chi connectivity index (χ0) is 18.1. The molecule has 0 radical (unpaired) electrons. The average molecular weight is 381 g/mol. The molecule has 0 atom stereocenters. The summed E-state index contributed by atoms with van der Waals surface area (Å²) in [5.41, 5.74) is 3.27. The predicted molar refractivity (Wildman–Crippen MR) is 98.4 cm³/mol. The fourth-order valence-electron chi connectivity index (χ4n) is 2.84. The molecule has 0 saturated carbocycles. The van der Waals surface area contributed by atoms with E-state index in [-0.39, 0.29) is 0 Å². The second-order valence-corrected chi connectivity index (χ2v) is 7.58. The molecular formula is C20H16ClF3S. The van der Waals surface area contributed by atoms with E-state index in [2.05, 4.69) is 6.07 Å². The molecular weight excluding hydrogens is 365 g/mol. The number of benzene rings is 2. The Bertz CT molecular complexity index is 915. The van der Waals surface area contributed by atoms with E-state index in [1.165, 1.54) is 23.5 Å². The average Bonchev–Trinajstić information content (AvgIpc) is 3.00. The number of thiophene rings is 1. The summed E-state index contributed by atoms with van der Waals surface area (Å²) in [5, 5.41) is 0.757. The fraction of sp³-hybridized carbons (Fsp3) is 0.200. The zero-order valence-corrected chi connectivity index (χ0v) is 15.3. The first kappa shape index (κ1) is 18.0. The second kappa shape index (κ2) is 7.22. The highest BCUT2D eigenvalue weighted by atomic mass is 35.5. The summed E-state index contributed by atoms with van der Waals surface area (Å²) in [7, 11) is 0. The van der Waals surface area contributed by atoms with Crippen LogP contribution in [0.25, 0.3) is 10.4 Å². The van der Waals surface area contributed by atoms with Crippen LogP contribution in [0.4, 0.5) is 13.2 Å². The van der Waals surface area contributed by atoms with E-state index in [1.54, 1.807) is 0 Å². The van der Waals surface area contributed by atoms with Gasteiger partial charge in [-0.3, -0.25) is 0 Å². The number of halogens is 4. The van der Waals surface area contributed by atoms with Crippen molar-refractivity contribution in [1.82, 2.24) is 0 Å². The third-order valence-corrected chi connectivity index (χ3v) is 5.70. The quantitative estimate of drug-likeness (QED) is 0.443. The molecule has 0 spiro atoms. The first-order valence-electron chi connectivity index (χ1n) is 7.77. The number of hydrogen-bond donors (Lipinski definition) is 0. The van der Waals surface area contributed by atoms with Crippen molar-refractivity contribution in [3.8, 4) is 10.4 Å². The molecule has 2 aromatic carbocycles. The van der Waals surface area contributed by atoms with Gasteiger partial charge in [0, 0.05) is 21.2 Å². The van der Waals surface area contributed by atoms with E-state index in [4.69, 9.17) is 11.6 Å². The molecule has 0 aliphatic rings. The molecule has 0 aliphatic heterocycles. The monoisotopic (exact) mass is 380 g/mol. The number of aryl methyl sites for hydroxylation is 2. The Kier molecular flexibility index (Phi) is 5.21. The van der Waals surface area contributed by atoms with Gasteiger partial charge in [-0.05, 0) is 54.8 Å². The van der Waals surface area contributed by atoms with Crippen molar-refractivity contribution in [3.05, 3.63) is 80.4 Å². The topological polar surface area (TPSA) is 0 Å². The SMILES string of the molecule is Cc1cc(C)c(Cl)c(Cc2ccc(-c3ccc(C(F)F)c(F)c3)s2)c1. The van der Waals surface area contributed by atoms with Crippen LogP contribution in [0.15, 0.2) is 42.5 Å². The zero-order valence-electron chi connectivity index (χ0n) is 13.7. The van der Waals surface area contributed by atoms with Gasteiger partial charge in [-0.2, -0.15) is 0 Å². The first-order chi connectivity index (χ1) is 11.8. The van der Waals surface area contributed by atoms with Crippen molar-refractivity contribution in [2.24, 2.45) is 0 Å². The van der Waals surface area contributed by atoms with Crippen LogP contribution in [0.5, 0.6) is 0 Å². The van der Waals surface area contributed by atoms with Crippen LogP contribution >= 0.6 is 22.9 Å². The van der Waals surface area contributed by atoms with E-state index in [0.717, 1.165) is 37.5 Å². The lowest BCUT2D eigenvalue weighted by Crippen LogP contribution is -1.91. The van der Waals surface area contributed by atoms with Gasteiger partial charge in [-0.25, -0.2) is 13.2 Å². The van der Waals surface area contributed by atoms with Crippen LogP contribution < -0.4 is 0 Å². The Morgan fingerprint density at radius 2 is 1.80 bits per heavy atom. The summed E-state index contributed by atoms with van der Waals surface area (Å²) in [5.74, 6) is -0.875. The minimum Gasteiger partial charge on any atom is -0.206 e. The summed E-state index contributed by atoms with van der Waals surface area (Å²) < 4.78 is 39.1. The predicted octanol–water partition coefficient (Wildman–Crippen LogP) is 7.35. The van der Waals surface area contributed by atoms with Crippen molar-refractivity contribution < 1.29 is 13.2 Å². The van der Waals surface area contributed by atoms with Crippen molar-refractivity contribution >= 4 is 22.9 Å². The fourth-order valence-corrected chi connectivity index (χ4v) is 4.04. The van der Waals surface area contributed by atoms with Crippen molar-refractivity contribution in [3.63, 3.8) is 0 Å². The molecule has 0 unspecified atom stereocenters. The van der Waals surface area contributed by atoms with Crippen molar-refractivity contribution in [2.45, 2.75) is 26.7 Å². The molecule has 3 rings (SSSR count). The third-order valence-electron chi connectivity index (χ3n) is 4.02. The lowest BCUT2D eigenvalue weighted by atomic mass is 10.0. The first-order valence-corrected chi connectivity index (χ1v) is 8.97. The van der Waals surface area contributed by atoms with E-state index >= 15 is 0 Å². The molecule has 0 fully saturated rings. The highest BCUT2D eigenvalue weighted by Crippen LogP contribution is 2.33. The van der Waals surface area contributed by atoms with Crippen molar-refractivity contribution in [2.75, 3.05) is 0 Å². The minimum absolute atomic E-state index is 0.567. The molecule has 5 heteroatoms. The van der Waals surface area contributed by atoms with Gasteiger partial charge in [-0.15, -0.1) is 11.3 Å². The van der Waals surface area contributed by atoms with E-state index in [1.807, 2.05) is 32.0 Å². The summed E-state index contributed by atoms with van der Waals surface area (Å²) in [6.07, 6.45) is -2.12. The third kappa shape index (κ3) is 3.91. The van der Waals surface area contributed by atoms with Gasteiger partial charge >= 0.3 is 0 Å². The molecule has 0 nitrogen and oxygen atoms in total. The van der Waals surface area contributed by atoms with E-state index in [9.17, 15) is 13.2 Å². The molecule has 0 bridgehead atoms. The van der Waals surface area contributed by atoms with Crippen LogP contribution in [-0.2, 0) is 6.42 Å². The molecule has 0 saturated heterocycles. The molecule has 1 aromatic heterocycles. The molecule has 1 heterocycles. The normalized spacial score (nSPS) is 11.3. The van der Waals surface area contributed by atoms with Crippen LogP contribution in [0.3, 0.4) is 0 Å². The maximum absolute atomic E-state index is 13.8. The summed E-state index contributed by atoms with van der Waals surface area (Å²) in [6.45, 7) is 4.01. The second-order valence-electron chi connectivity index (χ2n) is 6.03. The molecule has 3 aromatic rings. The van der Waals surface area contributed by atoms with Crippen LogP contribution in [0.1, 0.15) is 33.6 Å². The Morgan fingerprint density at radius 1 is 1.04 bits per heavy atom. The lowest BCUT2D eigenvalue weighted by molar-refractivity contribution is 0.146. The molecule has 0 amide bonds. The van der Waals surface area contributed by atoms with E-state index in [0.29, 0.717) is 12.0 Å². The van der Waals surface area contributed by atoms with Gasteiger partial charge < -0.3 is 0 Å². The lowest BCUT2D eigenvalue weighted by Gasteiger charge is -2.08. The molecule has 0 aliphatic carbocycles. The van der Waals surface area contributed by atoms with Gasteiger partial charge in [0.2, 0.25) is 0 Å². The summed E-state index contributed by atoms with van der Waals surface area (Å²) in [4.78, 5) is 1.93. The maximum atomic E-state index is 13.8. The van der Waals surface area contributed by atoms with Gasteiger partial charge in [0.05, 0.1) is 5.56 Å². The van der Waals surface area contributed by atoms with Gasteiger partial charge in [-0.1, -0.05) is 35.4 Å². The Balaban J connectivity index is 1.87. The Morgan fingerprint density at radius 3 is 2.48 bits per heavy atom. The van der Waals surface area contributed by atoms with Crippen molar-refractivity contribution in [1.29, 1.82) is 0 Å². The van der Waals surface area contributed by atoms with Gasteiger partial charge in [0.15, 0.2) is 0 Å². The molecule has 130 valence electrons. The summed E-state index contributed by atoms with van der Waals surface area (Å²) >= 11 is 7.90. The number of rotatable bonds is 4. The number of alkyl halides is 2. The Labute approximate surface area is 153 Å². The number of hydrogen-bond acceptors (Lipinski definition) is 1. The van der Waals surface area contributed by atoms with Crippen LogP contribution in [-0.4, -0.2) is 0 Å². The largest absolute Gasteiger partial charge is 0.266 e. The highest BCUT2D eigenvalue weighted by molar-refractivity contribution is 7.15. The Hall–Kier alpha value is -1.78.